The van der Waals surface area contributed by atoms with E-state index in [9.17, 15) is 18.0 Å². The number of carbonyl (C=O) groups excluding carboxylic acids is 1. The molecule has 0 bridgehead atoms. The van der Waals surface area contributed by atoms with E-state index in [0.717, 1.165) is 77.3 Å². The number of nitrogens with one attached hydrogen (secondary N) is 1. The number of carbonyl (C=O) groups is 2. The predicted octanol–water partition coefficient (Wildman–Crippen LogP) is 2.87. The number of halogens is 3. The minimum Gasteiger partial charge on any atom is -0.475 e. The average Bonchev–Trinajstić information content (AvgIpc) is 3.38. The normalized spacial score (nSPS) is 22.8. The molecule has 3 saturated heterocycles. The lowest BCUT2D eigenvalue weighted by molar-refractivity contribution is -0.192. The van der Waals surface area contributed by atoms with Crippen LogP contribution in [0.15, 0.2) is 5.51 Å². The summed E-state index contributed by atoms with van der Waals surface area (Å²) in [6, 6.07) is 0.104. The van der Waals surface area contributed by atoms with Crippen molar-refractivity contribution in [2.45, 2.75) is 50.9 Å². The van der Waals surface area contributed by atoms with E-state index in [1.807, 2.05) is 10.4 Å². The van der Waals surface area contributed by atoms with E-state index in [4.69, 9.17) is 14.6 Å². The second kappa shape index (κ2) is 10.3. The number of aromatic nitrogens is 1. The Kier molecular flexibility index (Phi) is 7.99. The van der Waals surface area contributed by atoms with Gasteiger partial charge in [0.25, 0.3) is 0 Å². The number of carboxylic acids is 1. The van der Waals surface area contributed by atoms with Crippen molar-refractivity contribution in [2.75, 3.05) is 39.3 Å². The second-order valence-electron chi connectivity index (χ2n) is 8.59. The summed E-state index contributed by atoms with van der Waals surface area (Å²) in [4.78, 5) is 31.0. The highest BCUT2D eigenvalue weighted by molar-refractivity contribution is 7.09. The number of nitrogens with zero attached hydrogens (tertiary/aromatic N) is 3. The molecule has 180 valence electrons. The molecule has 4 heterocycles. The molecule has 2 amide bonds. The lowest BCUT2D eigenvalue weighted by Crippen LogP contribution is -2.64. The zero-order chi connectivity index (χ0) is 23.4. The SMILES string of the molecule is Cc1ncsc1CN1CC2(CCC(CNC(=O)N3CCCC3)CO2)C1.O=C(O)C(F)(F)F. The molecule has 0 aliphatic carbocycles. The minimum absolute atomic E-state index is 0.0635. The van der Waals surface area contributed by atoms with E-state index in [-0.39, 0.29) is 11.6 Å². The van der Waals surface area contributed by atoms with Crippen LogP contribution in [0.5, 0.6) is 0 Å². The van der Waals surface area contributed by atoms with Gasteiger partial charge in [-0.3, -0.25) is 4.90 Å². The first-order valence-corrected chi connectivity index (χ1v) is 11.5. The molecule has 1 aromatic rings. The zero-order valence-electron chi connectivity index (χ0n) is 18.0. The van der Waals surface area contributed by atoms with Gasteiger partial charge in [-0.1, -0.05) is 0 Å². The number of thiazole rings is 1. The topological polar surface area (TPSA) is 95.0 Å². The number of aliphatic carboxylic acids is 1. The Morgan fingerprint density at radius 3 is 2.50 bits per heavy atom. The fourth-order valence-corrected chi connectivity index (χ4v) is 4.97. The molecule has 3 aliphatic rings. The Balaban J connectivity index is 0.000000360. The number of aryl methyl sites for hydroxylation is 1. The molecule has 1 aromatic heterocycles. The molecule has 3 fully saturated rings. The van der Waals surface area contributed by atoms with Gasteiger partial charge in [0, 0.05) is 44.1 Å². The number of amides is 2. The maximum Gasteiger partial charge on any atom is 0.490 e. The van der Waals surface area contributed by atoms with Crippen LogP contribution in [0.2, 0.25) is 0 Å². The van der Waals surface area contributed by atoms with Gasteiger partial charge in [-0.15, -0.1) is 11.3 Å². The van der Waals surface area contributed by atoms with Gasteiger partial charge in [-0.2, -0.15) is 13.2 Å². The van der Waals surface area contributed by atoms with Crippen molar-refractivity contribution in [1.29, 1.82) is 0 Å². The van der Waals surface area contributed by atoms with Crippen molar-refractivity contribution in [3.8, 4) is 0 Å². The first-order valence-electron chi connectivity index (χ1n) is 10.7. The van der Waals surface area contributed by atoms with Crippen molar-refractivity contribution < 1.29 is 32.6 Å². The van der Waals surface area contributed by atoms with E-state index in [1.54, 1.807) is 11.3 Å². The van der Waals surface area contributed by atoms with Crippen LogP contribution in [0.3, 0.4) is 0 Å². The fourth-order valence-electron chi connectivity index (χ4n) is 4.15. The van der Waals surface area contributed by atoms with Crippen LogP contribution < -0.4 is 5.32 Å². The van der Waals surface area contributed by atoms with Crippen LogP contribution in [0.1, 0.15) is 36.3 Å². The first-order chi connectivity index (χ1) is 15.1. The van der Waals surface area contributed by atoms with E-state index < -0.39 is 12.1 Å². The number of ether oxygens (including phenoxy) is 1. The third-order valence-corrected chi connectivity index (χ3v) is 6.97. The first kappa shape index (κ1) is 24.7. The van der Waals surface area contributed by atoms with Crippen LogP contribution in [-0.2, 0) is 16.1 Å². The highest BCUT2D eigenvalue weighted by Gasteiger charge is 2.46. The summed E-state index contributed by atoms with van der Waals surface area (Å²) >= 11 is 1.74. The van der Waals surface area contributed by atoms with E-state index in [2.05, 4.69) is 22.1 Å². The lowest BCUT2D eigenvalue weighted by atomic mass is 9.83. The number of hydrogen-bond donors (Lipinski definition) is 2. The molecule has 8 nitrogen and oxygen atoms in total. The summed E-state index contributed by atoms with van der Waals surface area (Å²) in [5, 5.41) is 10.2. The lowest BCUT2D eigenvalue weighted by Gasteiger charge is -2.53. The summed E-state index contributed by atoms with van der Waals surface area (Å²) < 4.78 is 38.0. The van der Waals surface area contributed by atoms with Crippen molar-refractivity contribution >= 4 is 23.3 Å². The third-order valence-electron chi connectivity index (χ3n) is 6.05. The van der Waals surface area contributed by atoms with Crippen LogP contribution in [0.25, 0.3) is 0 Å². The maximum absolute atomic E-state index is 12.1. The van der Waals surface area contributed by atoms with Gasteiger partial charge < -0.3 is 20.1 Å². The third kappa shape index (κ3) is 6.55. The molecule has 3 aliphatic heterocycles. The zero-order valence-corrected chi connectivity index (χ0v) is 18.8. The monoisotopic (exact) mass is 478 g/mol. The Labute approximate surface area is 188 Å². The Morgan fingerprint density at radius 2 is 2.00 bits per heavy atom. The van der Waals surface area contributed by atoms with Crippen molar-refractivity contribution in [2.24, 2.45) is 5.92 Å². The minimum atomic E-state index is -5.08. The summed E-state index contributed by atoms with van der Waals surface area (Å²) in [6.07, 6.45) is -0.552. The average molecular weight is 479 g/mol. The Morgan fingerprint density at radius 1 is 1.34 bits per heavy atom. The number of hydrogen-bond acceptors (Lipinski definition) is 6. The summed E-state index contributed by atoms with van der Waals surface area (Å²) in [7, 11) is 0. The second-order valence-corrected chi connectivity index (χ2v) is 9.53. The molecule has 0 saturated carbocycles. The highest BCUT2D eigenvalue weighted by Crippen LogP contribution is 2.37. The molecule has 0 aromatic carbocycles. The van der Waals surface area contributed by atoms with Crippen molar-refractivity contribution in [1.82, 2.24) is 20.1 Å². The van der Waals surface area contributed by atoms with Gasteiger partial charge in [-0.25, -0.2) is 14.6 Å². The predicted molar refractivity (Wildman–Crippen MR) is 111 cm³/mol. The van der Waals surface area contributed by atoms with E-state index in [1.165, 1.54) is 4.88 Å². The smallest absolute Gasteiger partial charge is 0.475 e. The van der Waals surface area contributed by atoms with Gasteiger partial charge >= 0.3 is 18.2 Å². The number of carboxylic acid groups (broad SMARTS) is 1. The maximum atomic E-state index is 12.1. The van der Waals surface area contributed by atoms with Crippen molar-refractivity contribution in [3.63, 3.8) is 0 Å². The van der Waals surface area contributed by atoms with E-state index in [0.29, 0.717) is 5.92 Å². The number of rotatable bonds is 4. The summed E-state index contributed by atoms with van der Waals surface area (Å²) in [6.45, 7) is 8.46. The van der Waals surface area contributed by atoms with E-state index >= 15 is 0 Å². The molecule has 1 unspecified atom stereocenters. The van der Waals surface area contributed by atoms with Gasteiger partial charge in [0.15, 0.2) is 0 Å². The standard InChI is InChI=1S/C18H28N4O2S.C2HF3O2/c1-14-16(25-13-20-14)9-21-11-18(12-21)5-4-15(10-24-18)8-19-17(23)22-6-2-3-7-22;3-2(4,5)1(6)7/h13,15H,2-12H2,1H3,(H,19,23);(H,6,7). The number of likely N-dealkylation sites (tertiary alicyclic amines) is 2. The molecule has 32 heavy (non-hydrogen) atoms. The Bertz CT molecular complexity index is 782. The largest absolute Gasteiger partial charge is 0.490 e. The van der Waals surface area contributed by atoms with Gasteiger partial charge in [0.05, 0.1) is 23.4 Å². The summed E-state index contributed by atoms with van der Waals surface area (Å²) in [5.74, 6) is -2.30. The fraction of sp³-hybridized carbons (Fsp3) is 0.750. The molecule has 1 atom stereocenters. The Hall–Kier alpha value is -1.92. The van der Waals surface area contributed by atoms with Crippen molar-refractivity contribution in [3.05, 3.63) is 16.1 Å². The molecule has 4 rings (SSSR count). The van der Waals surface area contributed by atoms with Gasteiger partial charge in [0.1, 0.15) is 0 Å². The molecular formula is C20H29F3N4O4S. The quantitative estimate of drug-likeness (QED) is 0.691. The molecule has 12 heteroatoms. The van der Waals surface area contributed by atoms with Crippen LogP contribution in [0.4, 0.5) is 18.0 Å². The number of alkyl halides is 3. The molecule has 0 radical (unpaired) electrons. The van der Waals surface area contributed by atoms with Crippen LogP contribution >= 0.6 is 11.3 Å². The molecule has 2 N–H and O–H groups in total. The molecular weight excluding hydrogens is 449 g/mol. The van der Waals surface area contributed by atoms with Crippen LogP contribution in [-0.4, -0.2) is 83.0 Å². The highest BCUT2D eigenvalue weighted by atomic mass is 32.1. The van der Waals surface area contributed by atoms with Gasteiger partial charge in [-0.05, 0) is 38.5 Å². The molecule has 1 spiro atoms. The summed E-state index contributed by atoms with van der Waals surface area (Å²) in [5.41, 5.74) is 3.15. The van der Waals surface area contributed by atoms with Crippen LogP contribution in [0, 0.1) is 12.8 Å². The number of urea groups is 1. The van der Waals surface area contributed by atoms with Gasteiger partial charge in [0.2, 0.25) is 0 Å².